The Balaban J connectivity index is 2.08. The molecule has 4 nitrogen and oxygen atoms in total. The third-order valence-electron chi connectivity index (χ3n) is 1.90. The molecule has 58 valence electrons. The third-order valence-corrected chi connectivity index (χ3v) is 1.90. The van der Waals surface area contributed by atoms with Crippen LogP contribution in [0.1, 0.15) is 12.8 Å². The minimum absolute atomic E-state index is 0.158. The van der Waals surface area contributed by atoms with Crippen LogP contribution in [0.3, 0.4) is 0 Å². The molecule has 1 rings (SSSR count). The summed E-state index contributed by atoms with van der Waals surface area (Å²) >= 11 is 0. The van der Waals surface area contributed by atoms with Gasteiger partial charge in [0.15, 0.2) is 0 Å². The lowest BCUT2D eigenvalue weighted by Gasteiger charge is -2.33. The molecule has 0 unspecified atom stereocenters. The van der Waals surface area contributed by atoms with Gasteiger partial charge in [-0.2, -0.15) is 0 Å². The van der Waals surface area contributed by atoms with Crippen LogP contribution in [0, 0.1) is 5.92 Å². The zero-order valence-electron chi connectivity index (χ0n) is 5.71. The fourth-order valence-corrected chi connectivity index (χ4v) is 1.22. The van der Waals surface area contributed by atoms with E-state index < -0.39 is 6.09 Å². The average Bonchev–Trinajstić information content (AvgIpc) is 1.76. The highest BCUT2D eigenvalue weighted by atomic mass is 16.4. The Hall–Kier alpha value is -0.770. The normalized spacial score (nSPS) is 30.9. The van der Waals surface area contributed by atoms with Crippen LogP contribution in [0.5, 0.6) is 0 Å². The number of carbonyl (C=O) groups is 1. The predicted molar refractivity (Wildman–Crippen MR) is 36.7 cm³/mol. The molecule has 0 saturated heterocycles. The monoisotopic (exact) mass is 144 g/mol. The van der Waals surface area contributed by atoms with Crippen molar-refractivity contribution in [2.24, 2.45) is 11.7 Å². The van der Waals surface area contributed by atoms with Gasteiger partial charge in [0.1, 0.15) is 0 Å². The number of hydrogen-bond donors (Lipinski definition) is 3. The molecule has 0 aromatic heterocycles. The number of rotatable bonds is 2. The lowest BCUT2D eigenvalue weighted by molar-refractivity contribution is 0.168. The molecule has 0 heterocycles. The van der Waals surface area contributed by atoms with Gasteiger partial charge in [-0.25, -0.2) is 4.79 Å². The Bertz CT molecular complexity index is 132. The Labute approximate surface area is 59.4 Å². The zero-order valence-corrected chi connectivity index (χ0v) is 5.71. The van der Waals surface area contributed by atoms with E-state index in [2.05, 4.69) is 5.32 Å². The van der Waals surface area contributed by atoms with E-state index in [0.717, 1.165) is 12.8 Å². The first kappa shape index (κ1) is 7.34. The largest absolute Gasteiger partial charge is 0.465 e. The van der Waals surface area contributed by atoms with Crippen LogP contribution in [0.25, 0.3) is 0 Å². The van der Waals surface area contributed by atoms with Gasteiger partial charge in [-0.15, -0.1) is 0 Å². The van der Waals surface area contributed by atoms with E-state index in [9.17, 15) is 4.79 Å². The van der Waals surface area contributed by atoms with Crippen molar-refractivity contribution in [3.05, 3.63) is 0 Å². The molecule has 0 spiro atoms. The second-order valence-corrected chi connectivity index (χ2v) is 2.72. The van der Waals surface area contributed by atoms with E-state index in [-0.39, 0.29) is 6.04 Å². The third kappa shape index (κ3) is 1.60. The summed E-state index contributed by atoms with van der Waals surface area (Å²) < 4.78 is 0. The second kappa shape index (κ2) is 2.88. The van der Waals surface area contributed by atoms with Gasteiger partial charge in [0.25, 0.3) is 0 Å². The molecular formula is C6H12N2O2. The molecule has 0 bridgehead atoms. The van der Waals surface area contributed by atoms with Gasteiger partial charge >= 0.3 is 6.09 Å². The number of hydrogen-bond acceptors (Lipinski definition) is 2. The summed E-state index contributed by atoms with van der Waals surface area (Å²) in [6, 6.07) is 0.158. The van der Waals surface area contributed by atoms with Crippen molar-refractivity contribution in [1.29, 1.82) is 0 Å². The number of amides is 1. The first-order chi connectivity index (χ1) is 4.72. The van der Waals surface area contributed by atoms with E-state index in [1.54, 1.807) is 0 Å². The Morgan fingerprint density at radius 3 is 2.70 bits per heavy atom. The zero-order chi connectivity index (χ0) is 7.56. The molecule has 1 amide bonds. The van der Waals surface area contributed by atoms with Gasteiger partial charge in [-0.1, -0.05) is 0 Å². The van der Waals surface area contributed by atoms with Crippen LogP contribution >= 0.6 is 0 Å². The summed E-state index contributed by atoms with van der Waals surface area (Å²) in [7, 11) is 0. The highest BCUT2D eigenvalue weighted by molar-refractivity contribution is 5.64. The van der Waals surface area contributed by atoms with Crippen LogP contribution in [0.15, 0.2) is 0 Å². The summed E-state index contributed by atoms with van der Waals surface area (Å²) in [5, 5.41) is 10.7. The predicted octanol–water partition coefficient (Wildman–Crippen LogP) is -0.00870. The van der Waals surface area contributed by atoms with Gasteiger partial charge in [0.05, 0.1) is 0 Å². The molecular weight excluding hydrogens is 132 g/mol. The van der Waals surface area contributed by atoms with Crippen molar-refractivity contribution in [2.75, 3.05) is 6.54 Å². The highest BCUT2D eigenvalue weighted by Gasteiger charge is 2.28. The van der Waals surface area contributed by atoms with Crippen molar-refractivity contribution in [1.82, 2.24) is 5.32 Å². The summed E-state index contributed by atoms with van der Waals surface area (Å²) in [4.78, 5) is 10.1. The van der Waals surface area contributed by atoms with Crippen molar-refractivity contribution in [3.8, 4) is 0 Å². The fraction of sp³-hybridized carbons (Fsp3) is 0.833. The van der Waals surface area contributed by atoms with Crippen molar-refractivity contribution in [2.45, 2.75) is 18.9 Å². The Morgan fingerprint density at radius 1 is 1.70 bits per heavy atom. The maximum absolute atomic E-state index is 10.1. The number of nitrogens with two attached hydrogens (primary N) is 1. The van der Waals surface area contributed by atoms with E-state index >= 15 is 0 Å². The average molecular weight is 144 g/mol. The fourth-order valence-electron chi connectivity index (χ4n) is 1.22. The molecule has 10 heavy (non-hydrogen) atoms. The van der Waals surface area contributed by atoms with Gasteiger partial charge < -0.3 is 16.2 Å². The van der Waals surface area contributed by atoms with Gasteiger partial charge in [-0.3, -0.25) is 0 Å². The molecule has 1 saturated carbocycles. The van der Waals surface area contributed by atoms with Crippen molar-refractivity contribution >= 4 is 6.09 Å². The molecule has 1 fully saturated rings. The van der Waals surface area contributed by atoms with Gasteiger partial charge in [0, 0.05) is 6.04 Å². The van der Waals surface area contributed by atoms with Gasteiger partial charge in [-0.05, 0) is 25.3 Å². The van der Waals surface area contributed by atoms with Crippen LogP contribution in [0.4, 0.5) is 4.79 Å². The first-order valence-electron chi connectivity index (χ1n) is 3.42. The minimum Gasteiger partial charge on any atom is -0.465 e. The maximum Gasteiger partial charge on any atom is 0.404 e. The van der Waals surface area contributed by atoms with Crippen LogP contribution in [-0.4, -0.2) is 23.8 Å². The smallest absolute Gasteiger partial charge is 0.404 e. The lowest BCUT2D eigenvalue weighted by Crippen LogP contribution is -2.45. The SMILES string of the molecule is NC[C@H]1C[C@@H](NC(=O)O)C1. The molecule has 0 aromatic rings. The quantitative estimate of drug-likeness (QED) is 0.510. The first-order valence-corrected chi connectivity index (χ1v) is 3.42. The molecule has 4 heteroatoms. The van der Waals surface area contributed by atoms with Gasteiger partial charge in [0.2, 0.25) is 0 Å². The standard InChI is InChI=1S/C6H12N2O2/c7-3-4-1-5(2-4)8-6(9)10/h4-5,8H,1-3,7H2,(H,9,10)/t4-,5+. The molecule has 4 N–H and O–H groups in total. The molecule has 0 atom stereocenters. The van der Waals surface area contributed by atoms with Crippen molar-refractivity contribution < 1.29 is 9.90 Å². The summed E-state index contributed by atoms with van der Waals surface area (Å²) in [6.45, 7) is 0.678. The topological polar surface area (TPSA) is 75.3 Å². The summed E-state index contributed by atoms with van der Waals surface area (Å²) in [5.74, 6) is 0.539. The van der Waals surface area contributed by atoms with Crippen LogP contribution in [-0.2, 0) is 0 Å². The van der Waals surface area contributed by atoms with E-state index in [0.29, 0.717) is 12.5 Å². The minimum atomic E-state index is -0.930. The molecule has 0 aliphatic heterocycles. The molecule has 0 radical (unpaired) electrons. The Morgan fingerprint density at radius 2 is 2.30 bits per heavy atom. The van der Waals surface area contributed by atoms with E-state index in [1.165, 1.54) is 0 Å². The Kier molecular flexibility index (Phi) is 2.11. The maximum atomic E-state index is 10.1. The lowest BCUT2D eigenvalue weighted by atomic mass is 9.80. The highest BCUT2D eigenvalue weighted by Crippen LogP contribution is 2.25. The van der Waals surface area contributed by atoms with Crippen LogP contribution in [0.2, 0.25) is 0 Å². The molecule has 1 aliphatic carbocycles. The number of nitrogens with one attached hydrogen (secondary N) is 1. The van der Waals surface area contributed by atoms with E-state index in [1.807, 2.05) is 0 Å². The number of carboxylic acid groups (broad SMARTS) is 1. The van der Waals surface area contributed by atoms with Crippen LogP contribution < -0.4 is 11.1 Å². The second-order valence-electron chi connectivity index (χ2n) is 2.72. The van der Waals surface area contributed by atoms with Crippen molar-refractivity contribution in [3.63, 3.8) is 0 Å². The summed E-state index contributed by atoms with van der Waals surface area (Å²) in [6.07, 6.45) is 0.881. The molecule has 0 aromatic carbocycles. The summed E-state index contributed by atoms with van der Waals surface area (Å²) in [5.41, 5.74) is 5.35. The molecule has 1 aliphatic rings. The van der Waals surface area contributed by atoms with E-state index in [4.69, 9.17) is 10.8 Å².